The van der Waals surface area contributed by atoms with Crippen LogP contribution in [0, 0.1) is 12.7 Å². The van der Waals surface area contributed by atoms with Crippen molar-refractivity contribution >= 4 is 5.69 Å². The summed E-state index contributed by atoms with van der Waals surface area (Å²) in [5, 5.41) is 12.7. The van der Waals surface area contributed by atoms with Gasteiger partial charge in [0.25, 0.3) is 0 Å². The van der Waals surface area contributed by atoms with E-state index in [1.165, 1.54) is 12.1 Å². The zero-order chi connectivity index (χ0) is 14.3. The largest absolute Gasteiger partial charge is 0.389 e. The minimum atomic E-state index is -0.650. The molecule has 0 fully saturated rings. The van der Waals surface area contributed by atoms with E-state index in [0.29, 0.717) is 18.8 Å². The second-order valence-electron chi connectivity index (χ2n) is 4.65. The van der Waals surface area contributed by atoms with Crippen LogP contribution in [0.4, 0.5) is 10.1 Å². The number of anilines is 1. The van der Waals surface area contributed by atoms with Gasteiger partial charge in [-0.2, -0.15) is 0 Å². The van der Waals surface area contributed by atoms with Crippen LogP contribution < -0.4 is 5.32 Å². The summed E-state index contributed by atoms with van der Waals surface area (Å²) in [5.41, 5.74) is 1.49. The number of hydrogen-bond donors (Lipinski definition) is 2. The highest BCUT2D eigenvalue weighted by atomic mass is 19.1. The molecule has 1 aromatic carbocycles. The Bertz CT molecular complexity index is 367. The van der Waals surface area contributed by atoms with Crippen LogP contribution in [0.5, 0.6) is 0 Å². The highest BCUT2D eigenvalue weighted by molar-refractivity contribution is 5.46. The van der Waals surface area contributed by atoms with Crippen molar-refractivity contribution in [3.63, 3.8) is 0 Å². The van der Waals surface area contributed by atoms with Crippen LogP contribution in [0.15, 0.2) is 18.2 Å². The SMILES string of the molecule is COCC(C)OCC(O)CNc1cc(C)cc(F)c1. The molecule has 0 spiro atoms. The highest BCUT2D eigenvalue weighted by Crippen LogP contribution is 2.13. The van der Waals surface area contributed by atoms with Gasteiger partial charge in [0.05, 0.1) is 25.4 Å². The highest BCUT2D eigenvalue weighted by Gasteiger charge is 2.08. The first-order valence-corrected chi connectivity index (χ1v) is 6.31. The second-order valence-corrected chi connectivity index (χ2v) is 4.65. The lowest BCUT2D eigenvalue weighted by molar-refractivity contribution is -0.0282. The van der Waals surface area contributed by atoms with Crippen LogP contribution in [0.25, 0.3) is 0 Å². The van der Waals surface area contributed by atoms with Gasteiger partial charge in [0.2, 0.25) is 0 Å². The fourth-order valence-electron chi connectivity index (χ4n) is 1.69. The van der Waals surface area contributed by atoms with E-state index in [9.17, 15) is 9.50 Å². The summed E-state index contributed by atoms with van der Waals surface area (Å²) in [7, 11) is 1.60. The van der Waals surface area contributed by atoms with Gasteiger partial charge in [0.1, 0.15) is 5.82 Å². The number of nitrogens with one attached hydrogen (secondary N) is 1. The summed E-state index contributed by atoms with van der Waals surface area (Å²) in [6.07, 6.45) is -0.709. The number of ether oxygens (including phenoxy) is 2. The normalized spacial score (nSPS) is 14.2. The zero-order valence-corrected chi connectivity index (χ0v) is 11.6. The summed E-state index contributed by atoms with van der Waals surface area (Å²) < 4.78 is 23.5. The van der Waals surface area contributed by atoms with Crippen molar-refractivity contribution in [2.75, 3.05) is 32.2 Å². The molecule has 19 heavy (non-hydrogen) atoms. The van der Waals surface area contributed by atoms with Gasteiger partial charge in [-0.25, -0.2) is 4.39 Å². The number of aliphatic hydroxyl groups is 1. The topological polar surface area (TPSA) is 50.7 Å². The van der Waals surface area contributed by atoms with E-state index in [1.807, 2.05) is 19.9 Å². The fourth-order valence-corrected chi connectivity index (χ4v) is 1.69. The molecule has 5 heteroatoms. The lowest BCUT2D eigenvalue weighted by atomic mass is 10.2. The Labute approximate surface area is 113 Å². The Morgan fingerprint density at radius 1 is 1.32 bits per heavy atom. The van der Waals surface area contributed by atoms with Gasteiger partial charge in [-0.05, 0) is 37.6 Å². The quantitative estimate of drug-likeness (QED) is 0.759. The number of methoxy groups -OCH3 is 1. The van der Waals surface area contributed by atoms with Crippen LogP contribution >= 0.6 is 0 Å². The number of rotatable bonds is 8. The Hall–Kier alpha value is -1.17. The van der Waals surface area contributed by atoms with Gasteiger partial charge in [-0.1, -0.05) is 0 Å². The van der Waals surface area contributed by atoms with E-state index < -0.39 is 6.10 Å². The van der Waals surface area contributed by atoms with E-state index in [-0.39, 0.29) is 18.5 Å². The van der Waals surface area contributed by atoms with Crippen molar-refractivity contribution in [1.82, 2.24) is 0 Å². The van der Waals surface area contributed by atoms with Crippen LogP contribution in [0.3, 0.4) is 0 Å². The third-order valence-corrected chi connectivity index (χ3v) is 2.56. The minimum Gasteiger partial charge on any atom is -0.389 e. The lowest BCUT2D eigenvalue weighted by Gasteiger charge is -2.17. The van der Waals surface area contributed by atoms with Crippen LogP contribution in [-0.4, -0.2) is 44.2 Å². The monoisotopic (exact) mass is 271 g/mol. The summed E-state index contributed by atoms with van der Waals surface area (Å²) in [6, 6.07) is 4.68. The molecular formula is C14H22FNO3. The molecule has 108 valence electrons. The van der Waals surface area contributed by atoms with Gasteiger partial charge in [-0.3, -0.25) is 0 Å². The maximum absolute atomic E-state index is 13.2. The molecule has 0 amide bonds. The van der Waals surface area contributed by atoms with Crippen molar-refractivity contribution in [2.24, 2.45) is 0 Å². The van der Waals surface area contributed by atoms with E-state index in [0.717, 1.165) is 5.56 Å². The van der Waals surface area contributed by atoms with E-state index in [4.69, 9.17) is 9.47 Å². The van der Waals surface area contributed by atoms with Crippen LogP contribution in [-0.2, 0) is 9.47 Å². The molecule has 2 unspecified atom stereocenters. The van der Waals surface area contributed by atoms with Gasteiger partial charge in [0, 0.05) is 19.3 Å². The molecule has 0 aromatic heterocycles. The number of aliphatic hydroxyl groups excluding tert-OH is 1. The maximum atomic E-state index is 13.2. The molecule has 1 aromatic rings. The molecule has 4 nitrogen and oxygen atoms in total. The first kappa shape index (κ1) is 15.9. The van der Waals surface area contributed by atoms with Crippen LogP contribution in [0.2, 0.25) is 0 Å². The molecule has 2 N–H and O–H groups in total. The zero-order valence-electron chi connectivity index (χ0n) is 11.6. The predicted molar refractivity (Wildman–Crippen MR) is 72.9 cm³/mol. The van der Waals surface area contributed by atoms with Crippen molar-refractivity contribution < 1.29 is 19.0 Å². The molecule has 0 bridgehead atoms. The first-order valence-electron chi connectivity index (χ1n) is 6.31. The Morgan fingerprint density at radius 2 is 2.05 bits per heavy atom. The molecule has 1 rings (SSSR count). The van der Waals surface area contributed by atoms with Gasteiger partial charge < -0.3 is 19.9 Å². The standard InChI is InChI=1S/C14H22FNO3/c1-10-4-12(15)6-13(5-10)16-7-14(17)9-19-11(2)8-18-3/h4-6,11,14,16-17H,7-9H2,1-3H3. The number of hydrogen-bond acceptors (Lipinski definition) is 4. The van der Waals surface area contributed by atoms with Gasteiger partial charge in [-0.15, -0.1) is 0 Å². The molecular weight excluding hydrogens is 249 g/mol. The Morgan fingerprint density at radius 3 is 2.68 bits per heavy atom. The molecule has 0 saturated carbocycles. The van der Waals surface area contributed by atoms with Gasteiger partial charge >= 0.3 is 0 Å². The molecule has 0 heterocycles. The van der Waals surface area contributed by atoms with Crippen molar-refractivity contribution in [1.29, 1.82) is 0 Å². The molecule has 2 atom stereocenters. The van der Waals surface area contributed by atoms with E-state index in [1.54, 1.807) is 7.11 Å². The average molecular weight is 271 g/mol. The summed E-state index contributed by atoms with van der Waals surface area (Å²) in [5.74, 6) is -0.290. The number of benzene rings is 1. The predicted octanol–water partition coefficient (Wildman–Crippen LogP) is 1.96. The second kappa shape index (κ2) is 8.09. The smallest absolute Gasteiger partial charge is 0.125 e. The van der Waals surface area contributed by atoms with Crippen molar-refractivity contribution in [3.05, 3.63) is 29.6 Å². The lowest BCUT2D eigenvalue weighted by Crippen LogP contribution is -2.28. The van der Waals surface area contributed by atoms with Crippen molar-refractivity contribution in [2.45, 2.75) is 26.1 Å². The number of aryl methyl sites for hydroxylation is 1. The Kier molecular flexibility index (Phi) is 6.77. The molecule has 0 saturated heterocycles. The Balaban J connectivity index is 2.31. The molecule has 0 aliphatic carbocycles. The summed E-state index contributed by atoms with van der Waals surface area (Å²) in [4.78, 5) is 0. The summed E-state index contributed by atoms with van der Waals surface area (Å²) >= 11 is 0. The van der Waals surface area contributed by atoms with Gasteiger partial charge in [0.15, 0.2) is 0 Å². The minimum absolute atomic E-state index is 0.0592. The molecule has 0 aliphatic heterocycles. The number of halogens is 1. The maximum Gasteiger partial charge on any atom is 0.125 e. The van der Waals surface area contributed by atoms with Crippen LogP contribution in [0.1, 0.15) is 12.5 Å². The molecule has 0 aliphatic rings. The van der Waals surface area contributed by atoms with E-state index in [2.05, 4.69) is 5.32 Å². The summed E-state index contributed by atoms with van der Waals surface area (Å²) in [6.45, 7) is 4.71. The van der Waals surface area contributed by atoms with E-state index >= 15 is 0 Å². The first-order chi connectivity index (χ1) is 9.01. The third kappa shape index (κ3) is 6.52. The van der Waals surface area contributed by atoms with Crippen molar-refractivity contribution in [3.8, 4) is 0 Å². The molecule has 0 radical (unpaired) electrons. The fraction of sp³-hybridized carbons (Fsp3) is 0.571. The third-order valence-electron chi connectivity index (χ3n) is 2.56. The average Bonchev–Trinajstić information content (AvgIpc) is 2.33.